The lowest BCUT2D eigenvalue weighted by Gasteiger charge is -2.19. The second-order valence-electron chi connectivity index (χ2n) is 3.93. The van der Waals surface area contributed by atoms with Gasteiger partial charge in [0.2, 0.25) is 0 Å². The Morgan fingerprint density at radius 3 is 2.62 bits per heavy atom. The molecule has 0 aromatic heterocycles. The van der Waals surface area contributed by atoms with Gasteiger partial charge in [-0.15, -0.1) is 12.4 Å². The highest BCUT2D eigenvalue weighted by Crippen LogP contribution is 2.34. The summed E-state index contributed by atoms with van der Waals surface area (Å²) in [7, 11) is 0. The molecule has 0 aliphatic heterocycles. The Balaban J connectivity index is 0.00000225. The van der Waals surface area contributed by atoms with Gasteiger partial charge in [-0.2, -0.15) is 0 Å². The molecule has 0 aromatic carbocycles. The van der Waals surface area contributed by atoms with E-state index in [4.69, 9.17) is 10.5 Å². The van der Waals surface area contributed by atoms with Gasteiger partial charge in [-0.25, -0.2) is 8.78 Å². The van der Waals surface area contributed by atoms with Crippen LogP contribution in [0, 0.1) is 5.92 Å². The molecular weight excluding hydrogens is 240 g/mol. The van der Waals surface area contributed by atoms with E-state index in [0.29, 0.717) is 6.42 Å². The van der Waals surface area contributed by atoms with Crippen molar-refractivity contribution in [1.82, 2.24) is 0 Å². The van der Waals surface area contributed by atoms with Crippen molar-refractivity contribution in [3.8, 4) is 0 Å². The van der Waals surface area contributed by atoms with E-state index in [1.165, 1.54) is 0 Å². The maximum atomic E-state index is 13.2. The van der Waals surface area contributed by atoms with Crippen LogP contribution in [0.2, 0.25) is 0 Å². The Hall–Kier alpha value is -0.420. The average molecular weight is 258 g/mol. The molecule has 1 fully saturated rings. The summed E-state index contributed by atoms with van der Waals surface area (Å²) in [5.41, 5.74) is 5.35. The number of halogens is 3. The summed E-state index contributed by atoms with van der Waals surface area (Å²) >= 11 is 0. The van der Waals surface area contributed by atoms with Crippen LogP contribution in [-0.4, -0.2) is 24.5 Å². The van der Waals surface area contributed by atoms with Crippen molar-refractivity contribution in [2.45, 2.75) is 44.6 Å². The number of esters is 1. The van der Waals surface area contributed by atoms with Gasteiger partial charge in [-0.3, -0.25) is 4.79 Å². The molecule has 1 saturated carbocycles. The minimum absolute atomic E-state index is 0. The molecule has 96 valence electrons. The van der Waals surface area contributed by atoms with E-state index in [0.717, 1.165) is 0 Å². The van der Waals surface area contributed by atoms with E-state index in [1.807, 2.05) is 0 Å². The fourth-order valence-electron chi connectivity index (χ4n) is 1.78. The highest BCUT2D eigenvalue weighted by Gasteiger charge is 2.41. The third-order valence-electron chi connectivity index (χ3n) is 2.81. The van der Waals surface area contributed by atoms with Crippen LogP contribution in [0.5, 0.6) is 0 Å². The number of nitrogens with two attached hydrogens (primary N) is 1. The number of hydrogen-bond donors (Lipinski definition) is 1. The first-order valence-electron chi connectivity index (χ1n) is 5.27. The van der Waals surface area contributed by atoms with Crippen molar-refractivity contribution in [1.29, 1.82) is 0 Å². The average Bonchev–Trinajstić information content (AvgIpc) is 2.28. The first kappa shape index (κ1) is 15.6. The molecule has 0 bridgehead atoms. The molecule has 3 nitrogen and oxygen atoms in total. The van der Waals surface area contributed by atoms with E-state index in [9.17, 15) is 13.6 Å². The Morgan fingerprint density at radius 2 is 2.06 bits per heavy atom. The Bertz CT molecular complexity index is 239. The molecule has 0 unspecified atom stereocenters. The fraction of sp³-hybridized carbons (Fsp3) is 0.900. The maximum Gasteiger partial charge on any atom is 0.308 e. The molecule has 0 aromatic rings. The van der Waals surface area contributed by atoms with Crippen molar-refractivity contribution in [3.05, 3.63) is 0 Å². The van der Waals surface area contributed by atoms with E-state index in [-0.39, 0.29) is 44.2 Å². The zero-order chi connectivity index (χ0) is 11.5. The van der Waals surface area contributed by atoms with E-state index in [2.05, 4.69) is 0 Å². The minimum atomic E-state index is -2.85. The van der Waals surface area contributed by atoms with Crippen LogP contribution < -0.4 is 5.73 Å². The van der Waals surface area contributed by atoms with Gasteiger partial charge in [0, 0.05) is 6.42 Å². The zero-order valence-corrected chi connectivity index (χ0v) is 10.1. The molecule has 0 amide bonds. The number of carbonyl (C=O) groups is 1. The minimum Gasteiger partial charge on any atom is -0.466 e. The summed E-state index contributed by atoms with van der Waals surface area (Å²) in [5.74, 6) is -3.63. The van der Waals surface area contributed by atoms with Crippen LogP contribution in [0.25, 0.3) is 0 Å². The third kappa shape index (κ3) is 3.87. The van der Waals surface area contributed by atoms with E-state index in [1.54, 1.807) is 6.92 Å². The molecule has 1 rings (SSSR count). The monoisotopic (exact) mass is 257 g/mol. The number of rotatable bonds is 2. The molecular formula is C10H18ClF2NO2. The lowest BCUT2D eigenvalue weighted by Crippen LogP contribution is -2.39. The highest BCUT2D eigenvalue weighted by molar-refractivity contribution is 5.85. The summed E-state index contributed by atoms with van der Waals surface area (Å²) < 4.78 is 31.2. The summed E-state index contributed by atoms with van der Waals surface area (Å²) in [4.78, 5) is 11.4. The van der Waals surface area contributed by atoms with E-state index < -0.39 is 17.9 Å². The number of carbonyl (C=O) groups excluding carboxylic acids is 1. The maximum absolute atomic E-state index is 13.2. The molecule has 16 heavy (non-hydrogen) atoms. The lowest BCUT2D eigenvalue weighted by atomic mass is 10.0. The summed E-state index contributed by atoms with van der Waals surface area (Å²) in [6, 6.07) is -1.13. The number of alkyl halides is 2. The number of hydrogen-bond acceptors (Lipinski definition) is 3. The zero-order valence-electron chi connectivity index (χ0n) is 9.25. The van der Waals surface area contributed by atoms with Gasteiger partial charge in [0.15, 0.2) is 0 Å². The Morgan fingerprint density at radius 1 is 1.44 bits per heavy atom. The largest absolute Gasteiger partial charge is 0.466 e. The molecule has 1 aliphatic carbocycles. The second kappa shape index (κ2) is 6.35. The highest BCUT2D eigenvalue weighted by atomic mass is 35.5. The summed E-state index contributed by atoms with van der Waals surface area (Å²) in [5, 5.41) is 0. The normalized spacial score (nSPS) is 28.8. The third-order valence-corrected chi connectivity index (χ3v) is 2.81. The standard InChI is InChI=1S/C10H17F2NO2.ClH/c1-2-15-9(14)7-3-4-8(13)10(11,12)6-5-7;/h7-8H,2-6,13H2,1H3;1H/t7-,8-;/m0./s1. The SMILES string of the molecule is CCOC(=O)[C@H]1CC[C@H](N)C(F)(F)CC1.Cl. The van der Waals surface area contributed by atoms with Crippen LogP contribution in [0.3, 0.4) is 0 Å². The molecule has 2 atom stereocenters. The van der Waals surface area contributed by atoms with Gasteiger partial charge in [-0.05, 0) is 26.2 Å². The van der Waals surface area contributed by atoms with Gasteiger partial charge in [0.25, 0.3) is 5.92 Å². The topological polar surface area (TPSA) is 52.3 Å². The molecule has 0 radical (unpaired) electrons. The van der Waals surface area contributed by atoms with Gasteiger partial charge in [0.1, 0.15) is 0 Å². The van der Waals surface area contributed by atoms with Crippen LogP contribution in [-0.2, 0) is 9.53 Å². The van der Waals surface area contributed by atoms with Gasteiger partial charge in [-0.1, -0.05) is 0 Å². The molecule has 0 spiro atoms. The quantitative estimate of drug-likeness (QED) is 0.609. The molecule has 2 N–H and O–H groups in total. The Kier molecular flexibility index (Phi) is 6.18. The smallest absolute Gasteiger partial charge is 0.308 e. The Labute approximate surface area is 100 Å². The first-order chi connectivity index (χ1) is 6.97. The van der Waals surface area contributed by atoms with Crippen molar-refractivity contribution in [3.63, 3.8) is 0 Å². The van der Waals surface area contributed by atoms with Crippen molar-refractivity contribution < 1.29 is 18.3 Å². The van der Waals surface area contributed by atoms with Crippen molar-refractivity contribution >= 4 is 18.4 Å². The molecule has 1 aliphatic rings. The van der Waals surface area contributed by atoms with Crippen LogP contribution in [0.1, 0.15) is 32.6 Å². The van der Waals surface area contributed by atoms with Crippen LogP contribution in [0.4, 0.5) is 8.78 Å². The fourth-order valence-corrected chi connectivity index (χ4v) is 1.78. The number of ether oxygens (including phenoxy) is 1. The van der Waals surface area contributed by atoms with Crippen molar-refractivity contribution in [2.75, 3.05) is 6.61 Å². The molecule has 0 saturated heterocycles. The summed E-state index contributed by atoms with van der Waals surface area (Å²) in [6.45, 7) is 1.99. The first-order valence-corrected chi connectivity index (χ1v) is 5.27. The van der Waals surface area contributed by atoms with Crippen LogP contribution in [0.15, 0.2) is 0 Å². The predicted octanol–water partition coefficient (Wildman–Crippen LogP) is 2.12. The lowest BCUT2D eigenvalue weighted by molar-refractivity contribution is -0.148. The molecule has 0 heterocycles. The van der Waals surface area contributed by atoms with Gasteiger partial charge in [0.05, 0.1) is 18.6 Å². The van der Waals surface area contributed by atoms with E-state index >= 15 is 0 Å². The summed E-state index contributed by atoms with van der Waals surface area (Å²) in [6.07, 6.45) is 0.420. The molecule has 6 heteroatoms. The van der Waals surface area contributed by atoms with Crippen LogP contribution >= 0.6 is 12.4 Å². The van der Waals surface area contributed by atoms with Gasteiger partial charge < -0.3 is 10.5 Å². The predicted molar refractivity (Wildman–Crippen MR) is 58.8 cm³/mol. The van der Waals surface area contributed by atoms with Gasteiger partial charge >= 0.3 is 5.97 Å². The second-order valence-corrected chi connectivity index (χ2v) is 3.93. The van der Waals surface area contributed by atoms with Crippen molar-refractivity contribution in [2.24, 2.45) is 11.7 Å².